The van der Waals surface area contributed by atoms with Gasteiger partial charge in [-0.3, -0.25) is 4.79 Å². The first-order valence-corrected chi connectivity index (χ1v) is 18.0. The highest BCUT2D eigenvalue weighted by atomic mass is 35.5. The number of hydrogen-bond acceptors (Lipinski definition) is 8. The molecule has 1 aromatic carbocycles. The maximum atomic E-state index is 13.6. The van der Waals surface area contributed by atoms with E-state index in [9.17, 15) is 21.6 Å². The quantitative estimate of drug-likeness (QED) is 0.380. The smallest absolute Gasteiger partial charge is 0.316 e. The van der Waals surface area contributed by atoms with Crippen LogP contribution in [0.25, 0.3) is 5.69 Å². The largest absolute Gasteiger partial charge is 0.486 e. The van der Waals surface area contributed by atoms with Crippen molar-refractivity contribution < 1.29 is 21.6 Å². The van der Waals surface area contributed by atoms with Gasteiger partial charge in [0.05, 0.1) is 24.7 Å². The van der Waals surface area contributed by atoms with Crippen molar-refractivity contribution in [2.45, 2.75) is 51.5 Å². The van der Waals surface area contributed by atoms with Gasteiger partial charge in [0.2, 0.25) is 15.8 Å². The summed E-state index contributed by atoms with van der Waals surface area (Å²) < 4.78 is 63.7. The fraction of sp³-hybridized carbons (Fsp3) is 0.630. The Labute approximate surface area is 252 Å². The minimum absolute atomic E-state index is 0.0471. The average Bonchev–Trinajstić information content (AvgIpc) is 3.67. The molecule has 15 heteroatoms. The number of nitrogens with zero attached hydrogens (tertiary/aromatic N) is 4. The number of sulfonamides is 1. The van der Waals surface area contributed by atoms with Crippen LogP contribution in [0.15, 0.2) is 35.3 Å². The fourth-order valence-electron chi connectivity index (χ4n) is 5.56. The zero-order valence-electron chi connectivity index (χ0n) is 24.0. The molecule has 3 aliphatic rings. The summed E-state index contributed by atoms with van der Waals surface area (Å²) in [5.74, 6) is 0.251. The van der Waals surface area contributed by atoms with E-state index in [1.807, 2.05) is 4.90 Å². The maximum absolute atomic E-state index is 13.6. The third-order valence-corrected chi connectivity index (χ3v) is 10.8. The van der Waals surface area contributed by atoms with E-state index in [-0.39, 0.29) is 42.8 Å². The van der Waals surface area contributed by atoms with E-state index in [0.29, 0.717) is 42.5 Å². The first kappa shape index (κ1) is 31.2. The van der Waals surface area contributed by atoms with Crippen molar-refractivity contribution in [1.29, 1.82) is 0 Å². The van der Waals surface area contributed by atoms with Gasteiger partial charge in [0, 0.05) is 49.2 Å². The second kappa shape index (κ2) is 12.4. The van der Waals surface area contributed by atoms with Crippen molar-refractivity contribution in [2.75, 3.05) is 50.5 Å². The van der Waals surface area contributed by atoms with Crippen molar-refractivity contribution in [3.05, 3.63) is 45.8 Å². The molecule has 3 fully saturated rings. The van der Waals surface area contributed by atoms with E-state index in [1.165, 1.54) is 8.99 Å². The molecule has 12 nitrogen and oxygen atoms in total. The van der Waals surface area contributed by atoms with Crippen LogP contribution in [0.5, 0.6) is 5.75 Å². The standard InChI is InChI=1S/C27H39ClN6O6S2/c1-27(9-10-27)19-40-25-24(18-29-34(26(25)35)23-8-4-6-21(28)16-23)32-11-13-33(14-12-32)42(38,39)30-17-20-5-3-7-22(15-20)31-41(2,36)37/h4,6,8,16,18,20,22,30-31H,3,5,7,9-15,17,19H2,1-2H3. The second-order valence-electron chi connectivity index (χ2n) is 12.0. The van der Waals surface area contributed by atoms with Crippen LogP contribution in [0.3, 0.4) is 0 Å². The van der Waals surface area contributed by atoms with Gasteiger partial charge in [-0.05, 0) is 56.2 Å². The summed E-state index contributed by atoms with van der Waals surface area (Å²) >= 11 is 6.15. The van der Waals surface area contributed by atoms with Crippen molar-refractivity contribution in [3.63, 3.8) is 0 Å². The molecule has 5 rings (SSSR count). The zero-order valence-corrected chi connectivity index (χ0v) is 26.3. The summed E-state index contributed by atoms with van der Waals surface area (Å²) in [6.07, 6.45) is 7.84. The number of rotatable bonds is 11. The minimum atomic E-state index is -3.73. The molecule has 2 heterocycles. The Kier molecular flexibility index (Phi) is 9.22. The Morgan fingerprint density at radius 2 is 1.86 bits per heavy atom. The van der Waals surface area contributed by atoms with E-state index in [2.05, 4.69) is 21.5 Å². The number of anilines is 1. The molecule has 1 aromatic heterocycles. The summed E-state index contributed by atoms with van der Waals surface area (Å²) in [5.41, 5.74) is 0.719. The number of halogens is 1. The molecule has 232 valence electrons. The Bertz CT molecular complexity index is 1550. The highest BCUT2D eigenvalue weighted by molar-refractivity contribution is 7.88. The monoisotopic (exact) mass is 642 g/mol. The normalized spacial score (nSPS) is 23.1. The number of benzene rings is 1. The summed E-state index contributed by atoms with van der Waals surface area (Å²) in [6, 6.07) is 6.71. The van der Waals surface area contributed by atoms with Gasteiger partial charge in [-0.15, -0.1) is 0 Å². The Hall–Kier alpha value is -2.23. The number of aromatic nitrogens is 2. The summed E-state index contributed by atoms with van der Waals surface area (Å²) in [5, 5.41) is 4.88. The summed E-state index contributed by atoms with van der Waals surface area (Å²) in [7, 11) is -7.04. The lowest BCUT2D eigenvalue weighted by atomic mass is 9.86. The van der Waals surface area contributed by atoms with Crippen molar-refractivity contribution >= 4 is 37.5 Å². The predicted molar refractivity (Wildman–Crippen MR) is 162 cm³/mol. The Morgan fingerprint density at radius 1 is 1.12 bits per heavy atom. The molecule has 2 aromatic rings. The molecule has 2 unspecified atom stereocenters. The van der Waals surface area contributed by atoms with Gasteiger partial charge in [0.15, 0.2) is 0 Å². The molecule has 0 bridgehead atoms. The zero-order chi connectivity index (χ0) is 30.1. The van der Waals surface area contributed by atoms with Crippen LogP contribution in [0.4, 0.5) is 5.69 Å². The lowest BCUT2D eigenvalue weighted by Gasteiger charge is -2.36. The number of nitrogens with one attached hydrogen (secondary N) is 2. The average molecular weight is 643 g/mol. The Balaban J connectivity index is 1.24. The molecule has 2 saturated carbocycles. The molecule has 0 amide bonds. The molecule has 42 heavy (non-hydrogen) atoms. The van der Waals surface area contributed by atoms with E-state index in [4.69, 9.17) is 16.3 Å². The van der Waals surface area contributed by atoms with Crippen molar-refractivity contribution in [1.82, 2.24) is 23.5 Å². The number of ether oxygens (including phenoxy) is 1. The van der Waals surface area contributed by atoms with Crippen LogP contribution < -0.4 is 24.6 Å². The third-order valence-electron chi connectivity index (χ3n) is 8.27. The van der Waals surface area contributed by atoms with Gasteiger partial charge >= 0.3 is 5.56 Å². The number of piperazine rings is 1. The highest BCUT2D eigenvalue weighted by Gasteiger charge is 2.39. The predicted octanol–water partition coefficient (Wildman–Crippen LogP) is 2.13. The molecule has 1 saturated heterocycles. The van der Waals surface area contributed by atoms with Gasteiger partial charge in [-0.1, -0.05) is 31.0 Å². The lowest BCUT2D eigenvalue weighted by molar-refractivity contribution is 0.242. The van der Waals surface area contributed by atoms with Gasteiger partial charge in [-0.25, -0.2) is 17.9 Å². The molecule has 2 atom stereocenters. The second-order valence-corrected chi connectivity index (χ2v) is 16.0. The van der Waals surface area contributed by atoms with Crippen LogP contribution >= 0.6 is 11.6 Å². The topological polar surface area (TPSA) is 143 Å². The maximum Gasteiger partial charge on any atom is 0.316 e. The van der Waals surface area contributed by atoms with Crippen LogP contribution in [0.1, 0.15) is 45.4 Å². The Morgan fingerprint density at radius 3 is 2.52 bits per heavy atom. The molecule has 2 N–H and O–H groups in total. The molecule has 1 aliphatic heterocycles. The van der Waals surface area contributed by atoms with Crippen molar-refractivity contribution in [3.8, 4) is 11.4 Å². The van der Waals surface area contributed by atoms with Crippen molar-refractivity contribution in [2.24, 2.45) is 11.3 Å². The van der Waals surface area contributed by atoms with E-state index < -0.39 is 25.8 Å². The number of hydrogen-bond donors (Lipinski definition) is 2. The summed E-state index contributed by atoms with van der Waals surface area (Å²) in [4.78, 5) is 15.5. The van der Waals surface area contributed by atoms with Crippen LogP contribution in [-0.2, 0) is 20.2 Å². The van der Waals surface area contributed by atoms with E-state index in [0.717, 1.165) is 38.4 Å². The first-order chi connectivity index (χ1) is 19.8. The summed E-state index contributed by atoms with van der Waals surface area (Å²) in [6.45, 7) is 3.97. The van der Waals surface area contributed by atoms with Gasteiger partial charge in [0.25, 0.3) is 10.2 Å². The third kappa shape index (κ3) is 7.83. The molecule has 2 aliphatic carbocycles. The lowest BCUT2D eigenvalue weighted by Crippen LogP contribution is -2.53. The highest BCUT2D eigenvalue weighted by Crippen LogP contribution is 2.45. The van der Waals surface area contributed by atoms with Gasteiger partial charge in [-0.2, -0.15) is 22.5 Å². The first-order valence-electron chi connectivity index (χ1n) is 14.3. The molecular weight excluding hydrogens is 604 g/mol. The fourth-order valence-corrected chi connectivity index (χ4v) is 7.83. The van der Waals surface area contributed by atoms with E-state index >= 15 is 0 Å². The SMILES string of the molecule is CC1(COc2c(N3CCN(S(=O)(=O)NCC4CCCC(NS(C)(=O)=O)C4)CC3)cnn(-c3cccc(Cl)c3)c2=O)CC1. The van der Waals surface area contributed by atoms with Gasteiger partial charge < -0.3 is 9.64 Å². The van der Waals surface area contributed by atoms with Crippen LogP contribution in [-0.4, -0.2) is 82.5 Å². The minimum Gasteiger partial charge on any atom is -0.486 e. The van der Waals surface area contributed by atoms with E-state index in [1.54, 1.807) is 30.5 Å². The van der Waals surface area contributed by atoms with Gasteiger partial charge in [0.1, 0.15) is 5.69 Å². The molecular formula is C27H39ClN6O6S2. The van der Waals surface area contributed by atoms with Crippen LogP contribution in [0, 0.1) is 11.3 Å². The molecule has 0 radical (unpaired) electrons. The van der Waals surface area contributed by atoms with Crippen LogP contribution in [0.2, 0.25) is 5.02 Å². The molecule has 0 spiro atoms.